The Hall–Kier alpha value is -3.94. The molecule has 17 heteroatoms. The lowest BCUT2D eigenvalue weighted by molar-refractivity contribution is -0.126. The number of hydrogen-bond acceptors (Lipinski definition) is 9. The van der Waals surface area contributed by atoms with Crippen LogP contribution >= 0.6 is 7.82 Å². The van der Waals surface area contributed by atoms with E-state index in [9.17, 15) is 28.6 Å². The van der Waals surface area contributed by atoms with Crippen molar-refractivity contribution in [2.75, 3.05) is 6.61 Å². The molecule has 2 amide bonds. The van der Waals surface area contributed by atoms with Crippen LogP contribution in [0.2, 0.25) is 0 Å². The van der Waals surface area contributed by atoms with Crippen LogP contribution in [0, 0.1) is 6.92 Å². The van der Waals surface area contributed by atoms with E-state index in [1.165, 1.54) is 44.3 Å². The molecule has 5 N–H and O–H groups in total. The highest BCUT2D eigenvalue weighted by Gasteiger charge is 2.38. The molecule has 2 aromatic rings. The zero-order valence-electron chi connectivity index (χ0n) is 20.3. The van der Waals surface area contributed by atoms with E-state index in [0.29, 0.717) is 5.56 Å². The summed E-state index contributed by atoms with van der Waals surface area (Å²) in [6.45, 7) is 2.24. The second kappa shape index (κ2) is 12.1. The molecule has 2 unspecified atom stereocenters. The van der Waals surface area contributed by atoms with E-state index in [4.69, 9.17) is 25.0 Å². The number of nitrogens with two attached hydrogens (primary N) is 1. The molecule has 0 spiro atoms. The maximum absolute atomic E-state index is 12.5. The van der Waals surface area contributed by atoms with Crippen molar-refractivity contribution >= 4 is 19.6 Å². The molecule has 0 aliphatic carbocycles. The molecular formula is C21H26N7O9P. The first-order valence-corrected chi connectivity index (χ1v) is 12.7. The van der Waals surface area contributed by atoms with Gasteiger partial charge in [0.1, 0.15) is 18.0 Å². The van der Waals surface area contributed by atoms with Gasteiger partial charge < -0.3 is 20.3 Å². The molecular weight excluding hydrogens is 525 g/mol. The highest BCUT2D eigenvalue weighted by molar-refractivity contribution is 7.47. The molecule has 1 aliphatic rings. The van der Waals surface area contributed by atoms with Gasteiger partial charge in [-0.2, -0.15) is 0 Å². The van der Waals surface area contributed by atoms with Crippen molar-refractivity contribution in [2.45, 2.75) is 51.1 Å². The predicted octanol–water partition coefficient (Wildman–Crippen LogP) is 0.540. The van der Waals surface area contributed by atoms with Crippen LogP contribution in [0.3, 0.4) is 0 Å². The molecule has 16 nitrogen and oxygen atoms in total. The number of benzene rings is 1. The highest BCUT2D eigenvalue weighted by atomic mass is 31.2. The lowest BCUT2D eigenvalue weighted by Crippen LogP contribution is -2.44. The fraction of sp³-hybridized carbons (Fsp3) is 0.429. The third-order valence-corrected chi connectivity index (χ3v) is 6.48. The minimum absolute atomic E-state index is 0.0261. The summed E-state index contributed by atoms with van der Waals surface area (Å²) in [5.74, 6) is -1.17. The van der Waals surface area contributed by atoms with E-state index >= 15 is 0 Å². The van der Waals surface area contributed by atoms with Gasteiger partial charge in [-0.1, -0.05) is 17.2 Å². The van der Waals surface area contributed by atoms with Crippen molar-refractivity contribution < 1.29 is 32.8 Å². The van der Waals surface area contributed by atoms with Gasteiger partial charge in [0.2, 0.25) is 11.8 Å². The molecule has 1 aromatic carbocycles. The first kappa shape index (κ1) is 28.6. The Balaban J connectivity index is 1.63. The van der Waals surface area contributed by atoms with E-state index in [1.807, 2.05) is 0 Å². The molecule has 1 saturated heterocycles. The molecule has 2 heterocycles. The number of phosphoric ester groups is 1. The number of primary amides is 1. The van der Waals surface area contributed by atoms with Gasteiger partial charge in [0.25, 0.3) is 5.56 Å². The number of aryl methyl sites for hydroxylation is 1. The van der Waals surface area contributed by atoms with Crippen molar-refractivity contribution in [2.24, 2.45) is 10.8 Å². The summed E-state index contributed by atoms with van der Waals surface area (Å²) in [5, 5.41) is 6.05. The number of carbonyl (C=O) groups is 2. The van der Waals surface area contributed by atoms with Crippen molar-refractivity contribution in [3.63, 3.8) is 0 Å². The van der Waals surface area contributed by atoms with Crippen molar-refractivity contribution in [1.82, 2.24) is 14.9 Å². The van der Waals surface area contributed by atoms with Crippen LogP contribution in [0.15, 0.2) is 45.2 Å². The summed E-state index contributed by atoms with van der Waals surface area (Å²) in [6.07, 6.45) is -0.474. The number of ether oxygens (including phenoxy) is 1. The van der Waals surface area contributed by atoms with Gasteiger partial charge in [0.15, 0.2) is 0 Å². The maximum atomic E-state index is 12.5. The largest absolute Gasteiger partial charge is 0.527 e. The maximum Gasteiger partial charge on any atom is 0.527 e. The van der Waals surface area contributed by atoms with Crippen LogP contribution < -0.4 is 26.8 Å². The van der Waals surface area contributed by atoms with E-state index in [2.05, 4.69) is 20.3 Å². The Kier molecular flexibility index (Phi) is 9.09. The topological polar surface area (TPSA) is 241 Å². The monoisotopic (exact) mass is 551 g/mol. The average Bonchev–Trinajstić information content (AvgIpc) is 3.23. The average molecular weight is 551 g/mol. The molecule has 3 rings (SSSR count). The molecule has 0 radical (unpaired) electrons. The van der Waals surface area contributed by atoms with Gasteiger partial charge in [-0.3, -0.25) is 33.4 Å². The Morgan fingerprint density at radius 3 is 2.68 bits per heavy atom. The van der Waals surface area contributed by atoms with Crippen molar-refractivity contribution in [3.05, 3.63) is 72.9 Å². The number of phosphoric acid groups is 1. The zero-order valence-corrected chi connectivity index (χ0v) is 21.2. The molecule has 0 saturated carbocycles. The summed E-state index contributed by atoms with van der Waals surface area (Å²) in [5.41, 5.74) is 13.7. The number of nitrogens with zero attached hydrogens (tertiary/aromatic N) is 4. The number of H-pyrrole nitrogens is 1. The van der Waals surface area contributed by atoms with E-state index in [1.54, 1.807) is 0 Å². The zero-order chi connectivity index (χ0) is 28.0. The van der Waals surface area contributed by atoms with Gasteiger partial charge in [-0.25, -0.2) is 9.36 Å². The summed E-state index contributed by atoms with van der Waals surface area (Å²) in [7, 11) is -4.67. The lowest BCUT2D eigenvalue weighted by atomic mass is 10.1. The molecule has 1 aromatic heterocycles. The number of nitrogens with one attached hydrogen (secondary N) is 2. The normalized spacial score (nSPS) is 21.1. The Morgan fingerprint density at radius 2 is 2.08 bits per heavy atom. The first-order valence-electron chi connectivity index (χ1n) is 11.2. The number of aromatic amines is 1. The van der Waals surface area contributed by atoms with Crippen molar-refractivity contribution in [1.29, 1.82) is 0 Å². The Labute approximate surface area is 215 Å². The Morgan fingerprint density at radius 1 is 1.39 bits per heavy atom. The minimum atomic E-state index is -4.67. The smallest absolute Gasteiger partial charge is 0.404 e. The molecule has 5 atom stereocenters. The molecule has 0 bridgehead atoms. The van der Waals surface area contributed by atoms with Gasteiger partial charge in [-0.05, 0) is 30.2 Å². The molecule has 1 fully saturated rings. The fourth-order valence-electron chi connectivity index (χ4n) is 3.74. The second-order valence-corrected chi connectivity index (χ2v) is 9.85. The van der Waals surface area contributed by atoms with Crippen LogP contribution in [0.4, 0.5) is 0 Å². The third-order valence-electron chi connectivity index (χ3n) is 5.57. The highest BCUT2D eigenvalue weighted by Crippen LogP contribution is 2.45. The van der Waals surface area contributed by atoms with Gasteiger partial charge in [0, 0.05) is 36.4 Å². The Bertz CT molecular complexity index is 1400. The number of aromatic nitrogens is 2. The quantitative estimate of drug-likeness (QED) is 0.132. The van der Waals surface area contributed by atoms with Crippen LogP contribution in [-0.2, 0) is 29.8 Å². The van der Waals surface area contributed by atoms with Crippen LogP contribution in [-0.4, -0.2) is 51.1 Å². The fourth-order valence-corrected chi connectivity index (χ4v) is 4.52. The van der Waals surface area contributed by atoms with Gasteiger partial charge >= 0.3 is 13.5 Å². The summed E-state index contributed by atoms with van der Waals surface area (Å²) >= 11 is 0. The van der Waals surface area contributed by atoms with Gasteiger partial charge in [-0.15, -0.1) is 0 Å². The summed E-state index contributed by atoms with van der Waals surface area (Å²) in [4.78, 5) is 61.6. The predicted molar refractivity (Wildman–Crippen MR) is 131 cm³/mol. The number of amides is 2. The third kappa shape index (κ3) is 7.54. The van der Waals surface area contributed by atoms with Crippen LogP contribution in [0.5, 0.6) is 5.75 Å². The molecule has 204 valence electrons. The van der Waals surface area contributed by atoms with E-state index in [-0.39, 0.29) is 24.2 Å². The number of azide groups is 1. The van der Waals surface area contributed by atoms with Crippen molar-refractivity contribution in [3.8, 4) is 5.75 Å². The minimum Gasteiger partial charge on any atom is -0.404 e. The number of carbonyl (C=O) groups excluding carboxylic acids is 2. The number of hydrogen-bond donors (Lipinski definition) is 4. The molecule has 1 aliphatic heterocycles. The molecule has 38 heavy (non-hydrogen) atoms. The number of rotatable bonds is 11. The first-order chi connectivity index (χ1) is 17.9. The lowest BCUT2D eigenvalue weighted by Gasteiger charge is -2.19. The summed E-state index contributed by atoms with van der Waals surface area (Å²) in [6, 6.07) is 3.98. The van der Waals surface area contributed by atoms with Crippen LogP contribution in [0.1, 0.15) is 30.7 Å². The van der Waals surface area contributed by atoms with E-state index in [0.717, 1.165) is 4.57 Å². The van der Waals surface area contributed by atoms with E-state index < -0.39 is 61.9 Å². The van der Waals surface area contributed by atoms with Gasteiger partial charge in [0.05, 0.1) is 18.8 Å². The van der Waals surface area contributed by atoms with Crippen LogP contribution in [0.25, 0.3) is 10.4 Å². The standard InChI is InChI=1S/C21H26N7O9P/c1-11-9-28(21(32)25-20(11)31)18-8-15(26-27-23)17(36-18)10-35-38(33,34)37-14-5-3-13(4-6-14)7-16(19(22)30)24-12(2)29/h3-6,9,15-18H,7-8,10H2,1-2H3,(H2,22,30)(H,24,29)(H,33,34)(H,25,31,32)/t15?,16-,17+,18+/m0/s1. The summed E-state index contributed by atoms with van der Waals surface area (Å²) < 4.78 is 29.5. The SMILES string of the molecule is CC(=O)N[C@@H](Cc1ccc(OP(=O)(O)OC[C@H]2O[C@@H](n3cc(C)c(=O)[nH]c3=O)CC2N=[N+]=[N-])cc1)C(N)=O. The second-order valence-electron chi connectivity index (χ2n) is 8.47.